The van der Waals surface area contributed by atoms with Crippen LogP contribution in [0.2, 0.25) is 0 Å². The molecule has 0 aliphatic rings. The number of anilines is 1. The molecule has 0 saturated heterocycles. The third kappa shape index (κ3) is 4.98. The predicted molar refractivity (Wildman–Crippen MR) is 112 cm³/mol. The van der Waals surface area contributed by atoms with E-state index in [-0.39, 0.29) is 17.9 Å². The zero-order valence-electron chi connectivity index (χ0n) is 15.8. The Kier molecular flexibility index (Phi) is 5.95. The number of sulfonamides is 1. The molecule has 29 heavy (non-hydrogen) atoms. The van der Waals surface area contributed by atoms with E-state index in [1.807, 2.05) is 24.3 Å². The van der Waals surface area contributed by atoms with Gasteiger partial charge in [0.1, 0.15) is 0 Å². The number of amides is 2. The number of hydrogen-bond donors (Lipinski definition) is 2. The quantitative estimate of drug-likeness (QED) is 0.620. The largest absolute Gasteiger partial charge is 0.369 e. The van der Waals surface area contributed by atoms with Crippen molar-refractivity contribution in [2.45, 2.75) is 11.3 Å². The first-order valence-electron chi connectivity index (χ1n) is 8.88. The highest BCUT2D eigenvalue weighted by molar-refractivity contribution is 7.89. The van der Waals surface area contributed by atoms with Crippen LogP contribution in [0.1, 0.15) is 5.56 Å². The monoisotopic (exact) mass is 411 g/mol. The zero-order chi connectivity index (χ0) is 21.0. The van der Waals surface area contributed by atoms with Crippen LogP contribution in [-0.2, 0) is 26.0 Å². The molecule has 0 spiro atoms. The molecule has 3 aromatic rings. The van der Waals surface area contributed by atoms with Crippen LogP contribution in [-0.4, -0.2) is 38.1 Å². The molecule has 3 N–H and O–H groups in total. The van der Waals surface area contributed by atoms with Crippen LogP contribution in [0, 0.1) is 0 Å². The second-order valence-electron chi connectivity index (χ2n) is 6.66. The van der Waals surface area contributed by atoms with Gasteiger partial charge in [0.05, 0.1) is 17.9 Å². The van der Waals surface area contributed by atoms with Gasteiger partial charge < -0.3 is 11.1 Å². The van der Waals surface area contributed by atoms with E-state index < -0.39 is 21.8 Å². The second-order valence-corrected chi connectivity index (χ2v) is 8.70. The number of primary amides is 1. The number of nitrogens with zero attached hydrogens (tertiary/aromatic N) is 1. The Bertz CT molecular complexity index is 1160. The Morgan fingerprint density at radius 1 is 0.966 bits per heavy atom. The van der Waals surface area contributed by atoms with Crippen LogP contribution < -0.4 is 11.1 Å². The highest BCUT2D eigenvalue weighted by Crippen LogP contribution is 2.21. The fourth-order valence-corrected chi connectivity index (χ4v) is 4.07. The Morgan fingerprint density at radius 2 is 1.62 bits per heavy atom. The third-order valence-electron chi connectivity index (χ3n) is 4.41. The standard InChI is InChI=1S/C21H21N3O4S/c1-24(14-21(26)23-18-9-6-15(7-10-18)12-20(22)25)29(27,28)19-11-8-16-4-2-3-5-17(16)13-19/h2-11,13H,12,14H2,1H3,(H2,22,25)(H,23,26). The minimum absolute atomic E-state index is 0.112. The summed E-state index contributed by atoms with van der Waals surface area (Å²) in [6.45, 7) is -0.335. The van der Waals surface area contributed by atoms with Crippen LogP contribution in [0.25, 0.3) is 10.8 Å². The van der Waals surface area contributed by atoms with E-state index in [0.717, 1.165) is 20.6 Å². The maximum Gasteiger partial charge on any atom is 0.243 e. The molecule has 150 valence electrons. The molecule has 3 rings (SSSR count). The lowest BCUT2D eigenvalue weighted by atomic mass is 10.1. The lowest BCUT2D eigenvalue weighted by Gasteiger charge is -2.17. The second kappa shape index (κ2) is 8.42. The highest BCUT2D eigenvalue weighted by atomic mass is 32.2. The number of rotatable bonds is 7. The van der Waals surface area contributed by atoms with Crippen molar-refractivity contribution < 1.29 is 18.0 Å². The molecule has 0 radical (unpaired) electrons. The van der Waals surface area contributed by atoms with Crippen molar-refractivity contribution in [1.29, 1.82) is 0 Å². The van der Waals surface area contributed by atoms with E-state index in [4.69, 9.17) is 5.73 Å². The smallest absolute Gasteiger partial charge is 0.243 e. The Hall–Kier alpha value is -3.23. The number of carbonyl (C=O) groups excluding carboxylic acids is 2. The molecule has 0 aliphatic carbocycles. The number of benzene rings is 3. The van der Waals surface area contributed by atoms with Crippen LogP contribution in [0.15, 0.2) is 71.6 Å². The molecule has 0 fully saturated rings. The molecular formula is C21H21N3O4S. The van der Waals surface area contributed by atoms with Crippen molar-refractivity contribution in [2.24, 2.45) is 5.73 Å². The van der Waals surface area contributed by atoms with E-state index in [1.165, 1.54) is 13.1 Å². The lowest BCUT2D eigenvalue weighted by Crippen LogP contribution is -2.34. The topological polar surface area (TPSA) is 110 Å². The zero-order valence-corrected chi connectivity index (χ0v) is 16.6. The number of nitrogens with one attached hydrogen (secondary N) is 1. The number of carbonyl (C=O) groups is 2. The van der Waals surface area contributed by atoms with E-state index in [9.17, 15) is 18.0 Å². The predicted octanol–water partition coefficient (Wildman–Crippen LogP) is 2.13. The van der Waals surface area contributed by atoms with Gasteiger partial charge >= 0.3 is 0 Å². The lowest BCUT2D eigenvalue weighted by molar-refractivity contribution is -0.117. The maximum absolute atomic E-state index is 12.8. The highest BCUT2D eigenvalue weighted by Gasteiger charge is 2.23. The first kappa shape index (κ1) is 20.5. The van der Waals surface area contributed by atoms with Gasteiger partial charge in [-0.05, 0) is 40.6 Å². The van der Waals surface area contributed by atoms with Crippen molar-refractivity contribution in [3.05, 3.63) is 72.3 Å². The summed E-state index contributed by atoms with van der Waals surface area (Å²) >= 11 is 0. The minimum Gasteiger partial charge on any atom is -0.369 e. The van der Waals surface area contributed by atoms with Crippen molar-refractivity contribution in [2.75, 3.05) is 18.9 Å². The fourth-order valence-electron chi connectivity index (χ4n) is 2.90. The van der Waals surface area contributed by atoms with Crippen molar-refractivity contribution >= 4 is 38.3 Å². The summed E-state index contributed by atoms with van der Waals surface area (Å²) in [7, 11) is -2.46. The summed E-state index contributed by atoms with van der Waals surface area (Å²) in [5.74, 6) is -0.915. The SMILES string of the molecule is CN(CC(=O)Nc1ccc(CC(N)=O)cc1)S(=O)(=O)c1ccc2ccccc2c1. The van der Waals surface area contributed by atoms with Crippen molar-refractivity contribution in [1.82, 2.24) is 4.31 Å². The van der Waals surface area contributed by atoms with E-state index in [0.29, 0.717) is 5.69 Å². The van der Waals surface area contributed by atoms with E-state index in [2.05, 4.69) is 5.32 Å². The molecule has 0 bridgehead atoms. The van der Waals surface area contributed by atoms with Gasteiger partial charge in [0.15, 0.2) is 0 Å². The van der Waals surface area contributed by atoms with Crippen LogP contribution in [0.5, 0.6) is 0 Å². The molecule has 0 heterocycles. The first-order valence-corrected chi connectivity index (χ1v) is 10.3. The van der Waals surface area contributed by atoms with Crippen molar-refractivity contribution in [3.8, 4) is 0 Å². The maximum atomic E-state index is 12.8. The van der Waals surface area contributed by atoms with Gasteiger partial charge in [-0.25, -0.2) is 8.42 Å². The number of fused-ring (bicyclic) bond motifs is 1. The normalized spacial score (nSPS) is 11.5. The van der Waals surface area contributed by atoms with Gasteiger partial charge in [-0.2, -0.15) is 4.31 Å². The molecular weight excluding hydrogens is 390 g/mol. The Labute approximate surface area is 169 Å². The molecule has 0 unspecified atom stereocenters. The van der Waals surface area contributed by atoms with Gasteiger partial charge in [-0.1, -0.05) is 42.5 Å². The summed E-state index contributed by atoms with van der Waals surface area (Å²) < 4.78 is 26.6. The average Bonchev–Trinajstić information content (AvgIpc) is 2.68. The van der Waals surface area contributed by atoms with E-state index >= 15 is 0 Å². The van der Waals surface area contributed by atoms with Crippen LogP contribution in [0.4, 0.5) is 5.69 Å². The average molecular weight is 411 g/mol. The number of likely N-dealkylation sites (N-methyl/N-ethyl adjacent to an activating group) is 1. The molecule has 0 saturated carbocycles. The molecule has 0 aromatic heterocycles. The number of nitrogens with two attached hydrogens (primary N) is 1. The molecule has 0 atom stereocenters. The van der Waals surface area contributed by atoms with Gasteiger partial charge in [-0.15, -0.1) is 0 Å². The van der Waals surface area contributed by atoms with Crippen LogP contribution >= 0.6 is 0 Å². The Balaban J connectivity index is 1.68. The van der Waals surface area contributed by atoms with E-state index in [1.54, 1.807) is 36.4 Å². The van der Waals surface area contributed by atoms with Crippen LogP contribution in [0.3, 0.4) is 0 Å². The summed E-state index contributed by atoms with van der Waals surface area (Å²) in [6, 6.07) is 18.9. The summed E-state index contributed by atoms with van der Waals surface area (Å²) in [5.41, 5.74) is 6.37. The molecule has 3 aromatic carbocycles. The first-order chi connectivity index (χ1) is 13.8. The summed E-state index contributed by atoms with van der Waals surface area (Å²) in [5, 5.41) is 4.39. The van der Waals surface area contributed by atoms with Gasteiger partial charge in [-0.3, -0.25) is 9.59 Å². The number of hydrogen-bond acceptors (Lipinski definition) is 4. The van der Waals surface area contributed by atoms with Gasteiger partial charge in [0, 0.05) is 12.7 Å². The minimum atomic E-state index is -3.82. The molecule has 7 nitrogen and oxygen atoms in total. The molecule has 0 aliphatic heterocycles. The fraction of sp³-hybridized carbons (Fsp3) is 0.143. The molecule has 2 amide bonds. The third-order valence-corrected chi connectivity index (χ3v) is 6.21. The summed E-state index contributed by atoms with van der Waals surface area (Å²) in [6.07, 6.45) is 0.112. The molecule has 8 heteroatoms. The van der Waals surface area contributed by atoms with Gasteiger partial charge in [0.25, 0.3) is 0 Å². The Morgan fingerprint density at radius 3 is 2.28 bits per heavy atom. The summed E-state index contributed by atoms with van der Waals surface area (Å²) in [4.78, 5) is 23.3. The van der Waals surface area contributed by atoms with Gasteiger partial charge in [0.2, 0.25) is 21.8 Å². The van der Waals surface area contributed by atoms with Crippen molar-refractivity contribution in [3.63, 3.8) is 0 Å².